The number of nitrogens with zero attached hydrogens (tertiary/aromatic N) is 2. The number of rotatable bonds is 6. The molecule has 0 bridgehead atoms. The molecule has 0 saturated carbocycles. The molecule has 1 heterocycles. The highest BCUT2D eigenvalue weighted by molar-refractivity contribution is 5.91. The molecule has 0 aliphatic carbocycles. The van der Waals surface area contributed by atoms with Gasteiger partial charge in [-0.1, -0.05) is 29.8 Å². The van der Waals surface area contributed by atoms with Gasteiger partial charge in [0, 0.05) is 21.0 Å². The first-order valence-corrected chi connectivity index (χ1v) is 8.12. The van der Waals surface area contributed by atoms with Crippen molar-refractivity contribution in [2.75, 3.05) is 24.3 Å². The first-order chi connectivity index (χ1) is 11.8. The topological polar surface area (TPSA) is 74.3 Å². The lowest BCUT2D eigenvalue weighted by Gasteiger charge is -2.18. The predicted molar refractivity (Wildman–Crippen MR) is 99.5 cm³/mol. The molecule has 2 rings (SSSR count). The third-order valence-corrected chi connectivity index (χ3v) is 3.74. The van der Waals surface area contributed by atoms with Crippen LogP contribution < -0.4 is 15.5 Å². The quantitative estimate of drug-likeness (QED) is 0.848. The van der Waals surface area contributed by atoms with Crippen LogP contribution in [0.15, 0.2) is 42.6 Å². The van der Waals surface area contributed by atoms with Crippen LogP contribution in [0.4, 0.5) is 11.5 Å². The van der Waals surface area contributed by atoms with E-state index >= 15 is 0 Å². The van der Waals surface area contributed by atoms with Crippen molar-refractivity contribution in [3.05, 3.63) is 53.7 Å². The molecular formula is C19H24N4O2. The first-order valence-electron chi connectivity index (χ1n) is 8.12. The van der Waals surface area contributed by atoms with E-state index in [-0.39, 0.29) is 24.3 Å². The fourth-order valence-corrected chi connectivity index (χ4v) is 2.42. The highest BCUT2D eigenvalue weighted by Crippen LogP contribution is 2.19. The molecule has 0 aliphatic rings. The SMILES string of the molecule is CC(=O)N[C@H](CC(=O)Nc1ccc(N(C)C)nc1)c1ccc(C)cc1. The van der Waals surface area contributed by atoms with Gasteiger partial charge in [0.15, 0.2) is 0 Å². The van der Waals surface area contributed by atoms with Crippen LogP contribution >= 0.6 is 0 Å². The molecule has 1 atom stereocenters. The molecule has 132 valence electrons. The van der Waals surface area contributed by atoms with Crippen molar-refractivity contribution in [1.82, 2.24) is 10.3 Å². The molecule has 0 fully saturated rings. The second-order valence-corrected chi connectivity index (χ2v) is 6.22. The van der Waals surface area contributed by atoms with E-state index in [4.69, 9.17) is 0 Å². The highest BCUT2D eigenvalue weighted by Gasteiger charge is 2.17. The Morgan fingerprint density at radius 3 is 2.32 bits per heavy atom. The van der Waals surface area contributed by atoms with Crippen LogP contribution in [-0.4, -0.2) is 30.9 Å². The summed E-state index contributed by atoms with van der Waals surface area (Å²) in [6.45, 7) is 3.44. The first kappa shape index (κ1) is 18.4. The van der Waals surface area contributed by atoms with Gasteiger partial charge in [0.25, 0.3) is 0 Å². The number of pyridine rings is 1. The van der Waals surface area contributed by atoms with Gasteiger partial charge < -0.3 is 15.5 Å². The summed E-state index contributed by atoms with van der Waals surface area (Å²) in [5, 5.41) is 5.66. The number of benzene rings is 1. The average molecular weight is 340 g/mol. The highest BCUT2D eigenvalue weighted by atomic mass is 16.2. The number of hydrogen-bond donors (Lipinski definition) is 2. The fraction of sp³-hybridized carbons (Fsp3) is 0.316. The van der Waals surface area contributed by atoms with E-state index in [1.807, 2.05) is 56.3 Å². The normalized spacial score (nSPS) is 11.5. The lowest BCUT2D eigenvalue weighted by Crippen LogP contribution is -2.29. The molecule has 1 aromatic carbocycles. The molecule has 0 unspecified atom stereocenters. The van der Waals surface area contributed by atoms with E-state index in [2.05, 4.69) is 15.6 Å². The van der Waals surface area contributed by atoms with Crippen LogP contribution in [0.5, 0.6) is 0 Å². The van der Waals surface area contributed by atoms with Gasteiger partial charge in [0.05, 0.1) is 24.3 Å². The number of nitrogens with one attached hydrogen (secondary N) is 2. The standard InChI is InChI=1S/C19H24N4O2/c1-13-5-7-15(8-6-13)17(21-14(2)24)11-19(25)22-16-9-10-18(20-12-16)23(3)4/h5-10,12,17H,11H2,1-4H3,(H,21,24)(H,22,25)/t17-/m1/s1. The molecule has 6 nitrogen and oxygen atoms in total. The van der Waals surface area contributed by atoms with Crippen molar-refractivity contribution in [1.29, 1.82) is 0 Å². The maximum atomic E-state index is 12.4. The summed E-state index contributed by atoms with van der Waals surface area (Å²) in [6.07, 6.45) is 1.77. The summed E-state index contributed by atoms with van der Waals surface area (Å²) in [6, 6.07) is 11.1. The minimum atomic E-state index is -0.368. The minimum absolute atomic E-state index is 0.151. The summed E-state index contributed by atoms with van der Waals surface area (Å²) in [7, 11) is 3.81. The molecule has 25 heavy (non-hydrogen) atoms. The summed E-state index contributed by atoms with van der Waals surface area (Å²) >= 11 is 0. The summed E-state index contributed by atoms with van der Waals surface area (Å²) < 4.78 is 0. The van der Waals surface area contributed by atoms with Crippen LogP contribution in [0.3, 0.4) is 0 Å². The molecule has 0 aliphatic heterocycles. The van der Waals surface area contributed by atoms with E-state index in [1.165, 1.54) is 6.92 Å². The van der Waals surface area contributed by atoms with Gasteiger partial charge in [-0.3, -0.25) is 9.59 Å². The van der Waals surface area contributed by atoms with Gasteiger partial charge in [0.1, 0.15) is 5.82 Å². The van der Waals surface area contributed by atoms with Crippen LogP contribution in [-0.2, 0) is 9.59 Å². The maximum absolute atomic E-state index is 12.4. The van der Waals surface area contributed by atoms with Gasteiger partial charge in [-0.25, -0.2) is 4.98 Å². The van der Waals surface area contributed by atoms with Crippen LogP contribution in [0.25, 0.3) is 0 Å². The molecule has 0 radical (unpaired) electrons. The minimum Gasteiger partial charge on any atom is -0.363 e. The van der Waals surface area contributed by atoms with Crippen molar-refractivity contribution in [3.8, 4) is 0 Å². The smallest absolute Gasteiger partial charge is 0.226 e. The molecule has 6 heteroatoms. The van der Waals surface area contributed by atoms with Crippen molar-refractivity contribution in [2.45, 2.75) is 26.3 Å². The molecule has 2 N–H and O–H groups in total. The van der Waals surface area contributed by atoms with Gasteiger partial charge in [0.2, 0.25) is 11.8 Å². The van der Waals surface area contributed by atoms with Crippen LogP contribution in [0, 0.1) is 6.92 Å². The monoisotopic (exact) mass is 340 g/mol. The number of carbonyl (C=O) groups excluding carboxylic acids is 2. The lowest BCUT2D eigenvalue weighted by molar-refractivity contribution is -0.120. The predicted octanol–water partition coefficient (Wildman–Crippen LogP) is 2.66. The summed E-state index contributed by atoms with van der Waals surface area (Å²) in [5.74, 6) is 0.461. The number of aryl methyl sites for hydroxylation is 1. The second-order valence-electron chi connectivity index (χ2n) is 6.22. The van der Waals surface area contributed by atoms with Crippen molar-refractivity contribution < 1.29 is 9.59 Å². The van der Waals surface area contributed by atoms with Crippen LogP contribution in [0.1, 0.15) is 30.5 Å². The number of hydrogen-bond acceptors (Lipinski definition) is 4. The molecular weight excluding hydrogens is 316 g/mol. The number of carbonyl (C=O) groups is 2. The Morgan fingerprint density at radius 2 is 1.80 bits per heavy atom. The molecule has 0 saturated heterocycles. The molecule has 1 aromatic heterocycles. The van der Waals surface area contributed by atoms with Gasteiger partial charge in [-0.15, -0.1) is 0 Å². The second kappa shape index (κ2) is 8.28. The van der Waals surface area contributed by atoms with E-state index in [0.717, 1.165) is 16.9 Å². The largest absolute Gasteiger partial charge is 0.363 e. The van der Waals surface area contributed by atoms with E-state index in [0.29, 0.717) is 5.69 Å². The zero-order valence-corrected chi connectivity index (χ0v) is 15.0. The molecule has 2 amide bonds. The maximum Gasteiger partial charge on any atom is 0.226 e. The Balaban J connectivity index is 2.05. The molecule has 2 aromatic rings. The molecule has 0 spiro atoms. The number of aromatic nitrogens is 1. The van der Waals surface area contributed by atoms with Gasteiger partial charge >= 0.3 is 0 Å². The summed E-state index contributed by atoms with van der Waals surface area (Å²) in [5.41, 5.74) is 2.65. The number of anilines is 2. The van der Waals surface area contributed by atoms with Crippen molar-refractivity contribution >= 4 is 23.3 Å². The Hall–Kier alpha value is -2.89. The Kier molecular flexibility index (Phi) is 6.11. The fourth-order valence-electron chi connectivity index (χ4n) is 2.42. The van der Waals surface area contributed by atoms with Crippen LogP contribution in [0.2, 0.25) is 0 Å². The third kappa shape index (κ3) is 5.60. The van der Waals surface area contributed by atoms with E-state index < -0.39 is 0 Å². The Morgan fingerprint density at radius 1 is 1.12 bits per heavy atom. The zero-order valence-electron chi connectivity index (χ0n) is 15.0. The summed E-state index contributed by atoms with van der Waals surface area (Å²) in [4.78, 5) is 30.0. The Labute approximate surface area is 148 Å². The average Bonchev–Trinajstić information content (AvgIpc) is 2.55. The van der Waals surface area contributed by atoms with E-state index in [9.17, 15) is 9.59 Å². The van der Waals surface area contributed by atoms with Crippen molar-refractivity contribution in [2.24, 2.45) is 0 Å². The number of amides is 2. The van der Waals surface area contributed by atoms with Gasteiger partial charge in [-0.05, 0) is 24.6 Å². The van der Waals surface area contributed by atoms with Gasteiger partial charge in [-0.2, -0.15) is 0 Å². The van der Waals surface area contributed by atoms with E-state index in [1.54, 1.807) is 12.3 Å². The third-order valence-electron chi connectivity index (χ3n) is 3.74. The lowest BCUT2D eigenvalue weighted by atomic mass is 10.0. The Bertz CT molecular complexity index is 724. The zero-order chi connectivity index (χ0) is 18.4. The van der Waals surface area contributed by atoms with Crippen molar-refractivity contribution in [3.63, 3.8) is 0 Å².